The van der Waals surface area contributed by atoms with E-state index in [1.54, 1.807) is 0 Å². The van der Waals surface area contributed by atoms with Crippen LogP contribution in [0.25, 0.3) is 10.2 Å². The average molecular weight is 442 g/mol. The fourth-order valence-electron chi connectivity index (χ4n) is 2.93. The molecular formula is C20H19ClF3N3OS. The number of carbonyl (C=O) groups excluding carboxylic acids is 1. The molecule has 0 unspecified atom stereocenters. The van der Waals surface area contributed by atoms with Gasteiger partial charge in [0.15, 0.2) is 10.9 Å². The Bertz CT molecular complexity index is 1040. The summed E-state index contributed by atoms with van der Waals surface area (Å²) >= 11 is 7.08. The summed E-state index contributed by atoms with van der Waals surface area (Å²) in [7, 11) is 0. The molecule has 0 N–H and O–H groups in total. The lowest BCUT2D eigenvalue weighted by molar-refractivity contribution is 0.0984. The lowest BCUT2D eigenvalue weighted by Crippen LogP contribution is -2.39. The molecule has 29 heavy (non-hydrogen) atoms. The Kier molecular flexibility index (Phi) is 6.77. The molecule has 0 atom stereocenters. The van der Waals surface area contributed by atoms with Gasteiger partial charge in [-0.15, -0.1) is 0 Å². The van der Waals surface area contributed by atoms with E-state index >= 15 is 0 Å². The van der Waals surface area contributed by atoms with Gasteiger partial charge in [-0.3, -0.25) is 9.69 Å². The van der Waals surface area contributed by atoms with Gasteiger partial charge in [-0.25, -0.2) is 18.2 Å². The van der Waals surface area contributed by atoms with Crippen molar-refractivity contribution in [1.82, 2.24) is 9.88 Å². The predicted octanol–water partition coefficient (Wildman–Crippen LogP) is 5.36. The van der Waals surface area contributed by atoms with Gasteiger partial charge < -0.3 is 4.90 Å². The van der Waals surface area contributed by atoms with Crippen LogP contribution in [0, 0.1) is 17.5 Å². The topological polar surface area (TPSA) is 36.4 Å². The summed E-state index contributed by atoms with van der Waals surface area (Å²) < 4.78 is 41.4. The minimum atomic E-state index is -0.793. The van der Waals surface area contributed by atoms with Crippen molar-refractivity contribution < 1.29 is 18.0 Å². The van der Waals surface area contributed by atoms with E-state index in [0.717, 1.165) is 42.6 Å². The lowest BCUT2D eigenvalue weighted by atomic mass is 10.2. The highest BCUT2D eigenvalue weighted by molar-refractivity contribution is 7.22. The molecule has 0 fully saturated rings. The molecule has 0 aliphatic rings. The normalized spacial score (nSPS) is 11.4. The highest BCUT2D eigenvalue weighted by atomic mass is 35.5. The van der Waals surface area contributed by atoms with E-state index < -0.39 is 23.4 Å². The molecule has 0 spiro atoms. The molecule has 3 aromatic rings. The SMILES string of the molecule is CCN(CC)CCN(C(=O)c1ccc(F)cc1Cl)c1nc2c(F)cc(F)cc2s1. The van der Waals surface area contributed by atoms with Crippen molar-refractivity contribution >= 4 is 44.2 Å². The summed E-state index contributed by atoms with van der Waals surface area (Å²) in [5.74, 6) is -2.55. The second-order valence-electron chi connectivity index (χ2n) is 6.34. The first-order valence-corrected chi connectivity index (χ1v) is 10.3. The molecule has 154 valence electrons. The Balaban J connectivity index is 2.02. The van der Waals surface area contributed by atoms with E-state index in [4.69, 9.17) is 11.6 Å². The Morgan fingerprint density at radius 3 is 2.45 bits per heavy atom. The van der Waals surface area contributed by atoms with Crippen molar-refractivity contribution in [2.24, 2.45) is 0 Å². The summed E-state index contributed by atoms with van der Waals surface area (Å²) in [4.78, 5) is 20.9. The zero-order valence-electron chi connectivity index (χ0n) is 15.9. The van der Waals surface area contributed by atoms with Crippen molar-refractivity contribution in [1.29, 1.82) is 0 Å². The molecule has 2 aromatic carbocycles. The van der Waals surface area contributed by atoms with Gasteiger partial charge in [0.05, 0.1) is 15.3 Å². The fraction of sp³-hybridized carbons (Fsp3) is 0.300. The summed E-state index contributed by atoms with van der Waals surface area (Å²) in [6.45, 7) is 6.39. The molecule has 0 aliphatic heterocycles. The van der Waals surface area contributed by atoms with Crippen LogP contribution in [0.15, 0.2) is 30.3 Å². The predicted molar refractivity (Wildman–Crippen MR) is 110 cm³/mol. The van der Waals surface area contributed by atoms with E-state index in [1.165, 1.54) is 17.0 Å². The maximum Gasteiger partial charge on any atom is 0.261 e. The standard InChI is InChI=1S/C20H19ClF3N3OS/c1-3-26(4-2)7-8-27(19(28)14-6-5-12(22)9-15(14)21)20-25-18-16(24)10-13(23)11-17(18)29-20/h5-6,9-11H,3-4,7-8H2,1-2H3. The number of aromatic nitrogens is 1. The third-order valence-corrected chi connectivity index (χ3v) is 5.91. The zero-order chi connectivity index (χ0) is 21.1. The summed E-state index contributed by atoms with van der Waals surface area (Å²) in [6, 6.07) is 5.44. The molecule has 3 rings (SSSR count). The molecule has 1 amide bonds. The Hall–Kier alpha value is -2.16. The van der Waals surface area contributed by atoms with Crippen LogP contribution in [-0.4, -0.2) is 42.0 Å². The first-order chi connectivity index (χ1) is 13.8. The number of hydrogen-bond donors (Lipinski definition) is 0. The summed E-state index contributed by atoms with van der Waals surface area (Å²) in [5.41, 5.74) is 0.107. The first-order valence-electron chi connectivity index (χ1n) is 9.08. The molecule has 0 saturated heterocycles. The van der Waals surface area contributed by atoms with Crippen LogP contribution < -0.4 is 4.90 Å². The number of fused-ring (bicyclic) bond motifs is 1. The van der Waals surface area contributed by atoms with Crippen LogP contribution in [-0.2, 0) is 0 Å². The van der Waals surface area contributed by atoms with E-state index in [-0.39, 0.29) is 27.8 Å². The summed E-state index contributed by atoms with van der Waals surface area (Å²) in [5, 5.41) is 0.197. The number of benzene rings is 2. The fourth-order valence-corrected chi connectivity index (χ4v) is 4.21. The van der Waals surface area contributed by atoms with Crippen LogP contribution >= 0.6 is 22.9 Å². The number of anilines is 1. The second kappa shape index (κ2) is 9.11. The molecule has 0 radical (unpaired) electrons. The van der Waals surface area contributed by atoms with Crippen molar-refractivity contribution in [3.8, 4) is 0 Å². The van der Waals surface area contributed by atoms with E-state index in [9.17, 15) is 18.0 Å². The molecular weight excluding hydrogens is 423 g/mol. The molecule has 0 saturated carbocycles. The van der Waals surface area contributed by atoms with Crippen molar-refractivity contribution in [3.05, 3.63) is 58.4 Å². The number of thiazole rings is 1. The van der Waals surface area contributed by atoms with Gasteiger partial charge >= 0.3 is 0 Å². The van der Waals surface area contributed by atoms with E-state index in [2.05, 4.69) is 9.88 Å². The molecule has 0 bridgehead atoms. The highest BCUT2D eigenvalue weighted by Gasteiger charge is 2.25. The van der Waals surface area contributed by atoms with Gasteiger partial charge in [-0.2, -0.15) is 0 Å². The Labute approximate surface area is 175 Å². The van der Waals surface area contributed by atoms with Crippen LogP contribution in [0.2, 0.25) is 5.02 Å². The van der Waals surface area contributed by atoms with E-state index in [0.29, 0.717) is 11.2 Å². The monoisotopic (exact) mass is 441 g/mol. The van der Waals surface area contributed by atoms with Crippen LogP contribution in [0.4, 0.5) is 18.3 Å². The molecule has 1 aromatic heterocycles. The number of amides is 1. The quantitative estimate of drug-likeness (QED) is 0.495. The van der Waals surface area contributed by atoms with Crippen molar-refractivity contribution in [2.45, 2.75) is 13.8 Å². The number of halogens is 4. The minimum Gasteiger partial charge on any atom is -0.302 e. The third-order valence-electron chi connectivity index (χ3n) is 4.57. The third kappa shape index (κ3) is 4.71. The highest BCUT2D eigenvalue weighted by Crippen LogP contribution is 2.32. The smallest absolute Gasteiger partial charge is 0.261 e. The van der Waals surface area contributed by atoms with Gasteiger partial charge in [0.1, 0.15) is 17.2 Å². The Morgan fingerprint density at radius 1 is 1.07 bits per heavy atom. The van der Waals surface area contributed by atoms with Crippen molar-refractivity contribution in [2.75, 3.05) is 31.1 Å². The maximum atomic E-state index is 14.1. The first kappa shape index (κ1) is 21.5. The van der Waals surface area contributed by atoms with Gasteiger partial charge in [-0.1, -0.05) is 36.8 Å². The lowest BCUT2D eigenvalue weighted by Gasteiger charge is -2.25. The number of likely N-dealkylation sites (N-methyl/N-ethyl adjacent to an activating group) is 1. The van der Waals surface area contributed by atoms with Crippen molar-refractivity contribution in [3.63, 3.8) is 0 Å². The number of nitrogens with zero attached hydrogens (tertiary/aromatic N) is 3. The van der Waals surface area contributed by atoms with Gasteiger partial charge in [-0.05, 0) is 37.4 Å². The second-order valence-corrected chi connectivity index (χ2v) is 7.75. The minimum absolute atomic E-state index is 0.00255. The number of carbonyl (C=O) groups is 1. The van der Waals surface area contributed by atoms with Crippen LogP contribution in [0.5, 0.6) is 0 Å². The number of rotatable bonds is 7. The molecule has 0 aliphatic carbocycles. The van der Waals surface area contributed by atoms with Gasteiger partial charge in [0.2, 0.25) is 0 Å². The largest absolute Gasteiger partial charge is 0.302 e. The van der Waals surface area contributed by atoms with Crippen LogP contribution in [0.1, 0.15) is 24.2 Å². The Morgan fingerprint density at radius 2 is 1.79 bits per heavy atom. The van der Waals surface area contributed by atoms with Gasteiger partial charge in [0.25, 0.3) is 5.91 Å². The summed E-state index contributed by atoms with van der Waals surface area (Å²) in [6.07, 6.45) is 0. The molecule has 1 heterocycles. The van der Waals surface area contributed by atoms with E-state index in [1.807, 2.05) is 13.8 Å². The zero-order valence-corrected chi connectivity index (χ0v) is 17.5. The average Bonchev–Trinajstić information content (AvgIpc) is 3.09. The maximum absolute atomic E-state index is 14.1. The van der Waals surface area contributed by atoms with Gasteiger partial charge in [0, 0.05) is 19.2 Å². The number of hydrogen-bond acceptors (Lipinski definition) is 4. The van der Waals surface area contributed by atoms with Crippen LogP contribution in [0.3, 0.4) is 0 Å². The molecule has 4 nitrogen and oxygen atoms in total. The molecule has 9 heteroatoms.